The van der Waals surface area contributed by atoms with Crippen LogP contribution >= 0.6 is 0 Å². The molecule has 1 aromatic heterocycles. The van der Waals surface area contributed by atoms with Crippen LogP contribution in [0.2, 0.25) is 0 Å². The molecule has 2 aromatic rings. The third-order valence-electron chi connectivity index (χ3n) is 2.85. The largest absolute Gasteiger partial charge is 0.478 e. The highest BCUT2D eigenvalue weighted by Gasteiger charge is 2.16. The number of benzene rings is 1. The Balaban J connectivity index is 2.21. The number of hydrogen-bond donors (Lipinski definition) is 1. The topological polar surface area (TPSA) is 76.2 Å². The monoisotopic (exact) mass is 260 g/mol. The van der Waals surface area contributed by atoms with E-state index in [0.29, 0.717) is 11.5 Å². The molecule has 1 heterocycles. The van der Waals surface area contributed by atoms with E-state index in [1.54, 1.807) is 18.2 Å². The number of nitrogens with zero attached hydrogens (tertiary/aromatic N) is 2. The number of carboxylic acids is 1. The number of rotatable bonds is 6. The predicted octanol–water partition coefficient (Wildman–Crippen LogP) is 3.17. The first-order chi connectivity index (χ1) is 9.22. The standard InChI is InChI=1S/C14H16N2O3/c1-2-3-4-9-12-15-16-13(19-12)10-7-5-6-8-11(10)14(17)18/h5-8H,2-4,9H2,1H3,(H,17,18). The highest BCUT2D eigenvalue weighted by molar-refractivity contribution is 5.94. The molecule has 0 bridgehead atoms. The van der Waals surface area contributed by atoms with Crippen molar-refractivity contribution in [3.8, 4) is 11.5 Å². The smallest absolute Gasteiger partial charge is 0.336 e. The van der Waals surface area contributed by atoms with Gasteiger partial charge in [0.05, 0.1) is 11.1 Å². The van der Waals surface area contributed by atoms with Gasteiger partial charge in [0.1, 0.15) is 0 Å². The van der Waals surface area contributed by atoms with Crippen LogP contribution in [-0.4, -0.2) is 21.3 Å². The molecule has 0 radical (unpaired) electrons. The molecule has 1 N–H and O–H groups in total. The Morgan fingerprint density at radius 1 is 1.26 bits per heavy atom. The first kappa shape index (κ1) is 13.3. The summed E-state index contributed by atoms with van der Waals surface area (Å²) in [6.07, 6.45) is 3.97. The number of aromatic carboxylic acids is 1. The first-order valence-electron chi connectivity index (χ1n) is 6.37. The van der Waals surface area contributed by atoms with Crippen LogP contribution in [0.15, 0.2) is 28.7 Å². The number of carbonyl (C=O) groups is 1. The molecule has 0 amide bonds. The van der Waals surface area contributed by atoms with E-state index in [2.05, 4.69) is 17.1 Å². The van der Waals surface area contributed by atoms with Gasteiger partial charge in [0, 0.05) is 6.42 Å². The van der Waals surface area contributed by atoms with Crippen molar-refractivity contribution >= 4 is 5.97 Å². The van der Waals surface area contributed by atoms with Crippen LogP contribution in [0.5, 0.6) is 0 Å². The second-order valence-electron chi connectivity index (χ2n) is 4.31. The average molecular weight is 260 g/mol. The van der Waals surface area contributed by atoms with Gasteiger partial charge in [-0.25, -0.2) is 4.79 Å². The Hall–Kier alpha value is -2.17. The van der Waals surface area contributed by atoms with Crippen LogP contribution in [0.25, 0.3) is 11.5 Å². The van der Waals surface area contributed by atoms with Crippen molar-refractivity contribution in [2.45, 2.75) is 32.6 Å². The zero-order valence-electron chi connectivity index (χ0n) is 10.8. The fraction of sp³-hybridized carbons (Fsp3) is 0.357. The fourth-order valence-electron chi connectivity index (χ4n) is 1.85. The Morgan fingerprint density at radius 2 is 2.05 bits per heavy atom. The molecule has 19 heavy (non-hydrogen) atoms. The number of carboxylic acid groups (broad SMARTS) is 1. The molecule has 0 saturated heterocycles. The normalized spacial score (nSPS) is 10.6. The van der Waals surface area contributed by atoms with Crippen LogP contribution in [0.3, 0.4) is 0 Å². The summed E-state index contributed by atoms with van der Waals surface area (Å²) in [6, 6.07) is 6.62. The summed E-state index contributed by atoms with van der Waals surface area (Å²) in [5.41, 5.74) is 0.635. The summed E-state index contributed by atoms with van der Waals surface area (Å²) >= 11 is 0. The van der Waals surface area contributed by atoms with E-state index < -0.39 is 5.97 Å². The zero-order valence-corrected chi connectivity index (χ0v) is 10.8. The van der Waals surface area contributed by atoms with Crippen LogP contribution in [0, 0.1) is 0 Å². The Morgan fingerprint density at radius 3 is 2.79 bits per heavy atom. The minimum absolute atomic E-state index is 0.172. The Kier molecular flexibility index (Phi) is 4.28. The number of aromatic nitrogens is 2. The van der Waals surface area contributed by atoms with Gasteiger partial charge in [-0.3, -0.25) is 0 Å². The van der Waals surface area contributed by atoms with Gasteiger partial charge in [0.2, 0.25) is 11.8 Å². The van der Waals surface area contributed by atoms with Gasteiger partial charge in [0.25, 0.3) is 0 Å². The first-order valence-corrected chi connectivity index (χ1v) is 6.37. The maximum Gasteiger partial charge on any atom is 0.336 e. The van der Waals surface area contributed by atoms with Gasteiger partial charge >= 0.3 is 5.97 Å². The van der Waals surface area contributed by atoms with E-state index in [1.165, 1.54) is 6.07 Å². The van der Waals surface area contributed by atoms with Crippen molar-refractivity contribution in [2.24, 2.45) is 0 Å². The maximum absolute atomic E-state index is 11.1. The summed E-state index contributed by atoms with van der Waals surface area (Å²) < 4.78 is 5.52. The molecule has 5 nitrogen and oxygen atoms in total. The maximum atomic E-state index is 11.1. The van der Waals surface area contributed by atoms with Crippen LogP contribution in [0.1, 0.15) is 42.4 Å². The highest BCUT2D eigenvalue weighted by atomic mass is 16.4. The lowest BCUT2D eigenvalue weighted by atomic mass is 10.1. The average Bonchev–Trinajstić information content (AvgIpc) is 2.88. The van der Waals surface area contributed by atoms with Gasteiger partial charge in [-0.2, -0.15) is 0 Å². The van der Waals surface area contributed by atoms with Gasteiger partial charge in [-0.1, -0.05) is 31.9 Å². The van der Waals surface area contributed by atoms with Crippen molar-refractivity contribution in [1.82, 2.24) is 10.2 Å². The van der Waals surface area contributed by atoms with Crippen LogP contribution in [-0.2, 0) is 6.42 Å². The number of unbranched alkanes of at least 4 members (excludes halogenated alkanes) is 2. The van der Waals surface area contributed by atoms with Gasteiger partial charge in [-0.15, -0.1) is 10.2 Å². The molecule has 0 aliphatic carbocycles. The fourth-order valence-corrected chi connectivity index (χ4v) is 1.85. The van der Waals surface area contributed by atoms with E-state index in [-0.39, 0.29) is 11.5 Å². The molecule has 0 aliphatic heterocycles. The van der Waals surface area contributed by atoms with E-state index in [0.717, 1.165) is 25.7 Å². The molecular weight excluding hydrogens is 244 g/mol. The summed E-state index contributed by atoms with van der Waals surface area (Å²) in [4.78, 5) is 11.1. The second-order valence-corrected chi connectivity index (χ2v) is 4.31. The summed E-state index contributed by atoms with van der Waals surface area (Å²) in [5, 5.41) is 17.0. The van der Waals surface area contributed by atoms with Gasteiger partial charge in [0.15, 0.2) is 0 Å². The molecule has 1 aromatic carbocycles. The highest BCUT2D eigenvalue weighted by Crippen LogP contribution is 2.22. The molecule has 0 atom stereocenters. The van der Waals surface area contributed by atoms with Crippen LogP contribution < -0.4 is 0 Å². The minimum atomic E-state index is -0.999. The summed E-state index contributed by atoms with van der Waals surface area (Å²) in [6.45, 7) is 2.13. The van der Waals surface area contributed by atoms with Crippen molar-refractivity contribution in [3.05, 3.63) is 35.7 Å². The number of aryl methyl sites for hydroxylation is 1. The van der Waals surface area contributed by atoms with Gasteiger partial charge in [-0.05, 0) is 18.6 Å². The van der Waals surface area contributed by atoms with Crippen molar-refractivity contribution in [2.75, 3.05) is 0 Å². The lowest BCUT2D eigenvalue weighted by Gasteiger charge is -2.00. The molecule has 5 heteroatoms. The molecule has 0 spiro atoms. The Bertz CT molecular complexity index is 563. The predicted molar refractivity (Wildman–Crippen MR) is 69.9 cm³/mol. The number of hydrogen-bond acceptors (Lipinski definition) is 4. The summed E-state index contributed by atoms with van der Waals surface area (Å²) in [7, 11) is 0. The lowest BCUT2D eigenvalue weighted by molar-refractivity contribution is 0.0697. The SMILES string of the molecule is CCCCCc1nnc(-c2ccccc2C(=O)O)o1. The molecule has 0 saturated carbocycles. The van der Waals surface area contributed by atoms with Crippen molar-refractivity contribution in [3.63, 3.8) is 0 Å². The molecule has 0 unspecified atom stereocenters. The van der Waals surface area contributed by atoms with E-state index in [1.807, 2.05) is 0 Å². The third-order valence-corrected chi connectivity index (χ3v) is 2.85. The Labute approximate surface area is 111 Å². The molecule has 2 rings (SSSR count). The van der Waals surface area contributed by atoms with Crippen molar-refractivity contribution < 1.29 is 14.3 Å². The lowest BCUT2D eigenvalue weighted by Crippen LogP contribution is -1.99. The van der Waals surface area contributed by atoms with Crippen molar-refractivity contribution in [1.29, 1.82) is 0 Å². The third kappa shape index (κ3) is 3.19. The summed E-state index contributed by atoms with van der Waals surface area (Å²) in [5.74, 6) is -0.172. The van der Waals surface area contributed by atoms with Crippen LogP contribution in [0.4, 0.5) is 0 Å². The van der Waals surface area contributed by atoms with E-state index in [9.17, 15) is 4.79 Å². The zero-order chi connectivity index (χ0) is 13.7. The second kappa shape index (κ2) is 6.13. The van der Waals surface area contributed by atoms with E-state index in [4.69, 9.17) is 9.52 Å². The minimum Gasteiger partial charge on any atom is -0.478 e. The molecule has 0 aliphatic rings. The van der Waals surface area contributed by atoms with Gasteiger partial charge < -0.3 is 9.52 Å². The molecule has 0 fully saturated rings. The molecule has 100 valence electrons. The quantitative estimate of drug-likeness (QED) is 0.807. The molecular formula is C14H16N2O3. The van der Waals surface area contributed by atoms with E-state index >= 15 is 0 Å².